The standard InChI is InChI=1S/C20H17N5O2/c26-18-20(8-6-15-4-1-2-5-16(15)20)23-19(27)24(18)13-14-7-10-21-17(12-14)25-11-3-9-22-25/h1-5,7,9-12H,6,8,13H2,(H,23,27). The average molecular weight is 359 g/mol. The van der Waals surface area contributed by atoms with Gasteiger partial charge < -0.3 is 5.32 Å². The molecule has 1 spiro atoms. The number of carbonyl (C=O) groups is 2. The van der Waals surface area contributed by atoms with E-state index in [-0.39, 0.29) is 18.5 Å². The molecule has 7 heteroatoms. The first-order valence-corrected chi connectivity index (χ1v) is 8.85. The van der Waals surface area contributed by atoms with E-state index in [2.05, 4.69) is 15.4 Å². The number of aryl methyl sites for hydroxylation is 1. The summed E-state index contributed by atoms with van der Waals surface area (Å²) in [5, 5.41) is 7.12. The van der Waals surface area contributed by atoms with E-state index in [9.17, 15) is 9.59 Å². The highest BCUT2D eigenvalue weighted by Gasteiger charge is 2.55. The zero-order valence-electron chi connectivity index (χ0n) is 14.5. The maximum atomic E-state index is 13.2. The highest BCUT2D eigenvalue weighted by atomic mass is 16.2. The van der Waals surface area contributed by atoms with E-state index >= 15 is 0 Å². The largest absolute Gasteiger partial charge is 0.325 e. The van der Waals surface area contributed by atoms with Crippen LogP contribution >= 0.6 is 0 Å². The lowest BCUT2D eigenvalue weighted by atomic mass is 9.92. The molecule has 134 valence electrons. The van der Waals surface area contributed by atoms with Gasteiger partial charge in [-0.05, 0) is 47.7 Å². The van der Waals surface area contributed by atoms with Crippen molar-refractivity contribution in [2.24, 2.45) is 0 Å². The Balaban J connectivity index is 1.45. The molecule has 27 heavy (non-hydrogen) atoms. The van der Waals surface area contributed by atoms with Crippen molar-refractivity contribution in [2.75, 3.05) is 0 Å². The molecule has 1 aliphatic heterocycles. The van der Waals surface area contributed by atoms with Gasteiger partial charge in [0.1, 0.15) is 5.54 Å². The molecule has 1 atom stereocenters. The minimum atomic E-state index is -0.925. The Labute approximate surface area is 155 Å². The van der Waals surface area contributed by atoms with Crippen molar-refractivity contribution >= 4 is 11.9 Å². The number of nitrogens with zero attached hydrogens (tertiary/aromatic N) is 4. The smallest absolute Gasteiger partial charge is 0.319 e. The summed E-state index contributed by atoms with van der Waals surface area (Å²) < 4.78 is 1.64. The molecule has 2 aromatic heterocycles. The second-order valence-corrected chi connectivity index (χ2v) is 6.86. The number of amides is 3. The maximum absolute atomic E-state index is 13.2. The van der Waals surface area contributed by atoms with E-state index in [0.717, 1.165) is 23.1 Å². The topological polar surface area (TPSA) is 80.1 Å². The van der Waals surface area contributed by atoms with Gasteiger partial charge in [0.05, 0.1) is 6.54 Å². The molecule has 7 nitrogen and oxygen atoms in total. The van der Waals surface area contributed by atoms with Crippen LogP contribution in [-0.4, -0.2) is 31.6 Å². The molecule has 2 aliphatic rings. The number of benzene rings is 1. The fourth-order valence-electron chi connectivity index (χ4n) is 4.00. The van der Waals surface area contributed by atoms with Crippen LogP contribution in [0, 0.1) is 0 Å². The highest BCUT2D eigenvalue weighted by molar-refractivity contribution is 6.08. The number of imide groups is 1. The molecule has 1 unspecified atom stereocenters. The first-order chi connectivity index (χ1) is 13.2. The first-order valence-electron chi connectivity index (χ1n) is 8.85. The maximum Gasteiger partial charge on any atom is 0.325 e. The normalized spacial score (nSPS) is 21.0. The van der Waals surface area contributed by atoms with Gasteiger partial charge in [0, 0.05) is 18.6 Å². The van der Waals surface area contributed by atoms with Crippen LogP contribution in [0.3, 0.4) is 0 Å². The van der Waals surface area contributed by atoms with Gasteiger partial charge in [0.2, 0.25) is 0 Å². The Morgan fingerprint density at radius 1 is 1.11 bits per heavy atom. The summed E-state index contributed by atoms with van der Waals surface area (Å²) in [4.78, 5) is 31.5. The Bertz CT molecular complexity index is 1050. The molecule has 0 radical (unpaired) electrons. The molecular weight excluding hydrogens is 342 g/mol. The third-order valence-corrected chi connectivity index (χ3v) is 5.31. The van der Waals surface area contributed by atoms with E-state index < -0.39 is 5.54 Å². The number of pyridine rings is 1. The molecule has 3 amide bonds. The van der Waals surface area contributed by atoms with Crippen LogP contribution < -0.4 is 5.32 Å². The van der Waals surface area contributed by atoms with Gasteiger partial charge in [-0.2, -0.15) is 5.10 Å². The summed E-state index contributed by atoms with van der Waals surface area (Å²) in [6.45, 7) is 0.200. The van der Waals surface area contributed by atoms with Crippen LogP contribution in [-0.2, 0) is 23.3 Å². The van der Waals surface area contributed by atoms with Crippen molar-refractivity contribution in [3.8, 4) is 5.82 Å². The fraction of sp³-hybridized carbons (Fsp3) is 0.200. The number of aromatic nitrogens is 3. The van der Waals surface area contributed by atoms with Gasteiger partial charge in [0.15, 0.2) is 5.82 Å². The van der Waals surface area contributed by atoms with Crippen molar-refractivity contribution in [1.29, 1.82) is 0 Å². The highest BCUT2D eigenvalue weighted by Crippen LogP contribution is 2.41. The van der Waals surface area contributed by atoms with Crippen LogP contribution in [0.2, 0.25) is 0 Å². The van der Waals surface area contributed by atoms with E-state index in [1.54, 1.807) is 29.3 Å². The monoisotopic (exact) mass is 359 g/mol. The van der Waals surface area contributed by atoms with Gasteiger partial charge in [-0.3, -0.25) is 9.69 Å². The summed E-state index contributed by atoms with van der Waals surface area (Å²) in [6.07, 6.45) is 6.51. The van der Waals surface area contributed by atoms with Crippen LogP contribution in [0.5, 0.6) is 0 Å². The van der Waals surface area contributed by atoms with Crippen molar-refractivity contribution in [1.82, 2.24) is 25.0 Å². The van der Waals surface area contributed by atoms with E-state index in [0.29, 0.717) is 12.2 Å². The lowest BCUT2D eigenvalue weighted by molar-refractivity contribution is -0.132. The van der Waals surface area contributed by atoms with E-state index in [1.807, 2.05) is 36.4 Å². The van der Waals surface area contributed by atoms with Crippen LogP contribution in [0.25, 0.3) is 5.82 Å². The number of hydrogen-bond acceptors (Lipinski definition) is 4. The molecule has 1 aliphatic carbocycles. The lowest BCUT2D eigenvalue weighted by Crippen LogP contribution is -2.41. The minimum Gasteiger partial charge on any atom is -0.319 e. The van der Waals surface area contributed by atoms with Gasteiger partial charge >= 0.3 is 6.03 Å². The second-order valence-electron chi connectivity index (χ2n) is 6.86. The van der Waals surface area contributed by atoms with Crippen molar-refractivity contribution in [3.05, 3.63) is 77.7 Å². The van der Waals surface area contributed by atoms with Gasteiger partial charge in [-0.1, -0.05) is 24.3 Å². The molecular formula is C20H17N5O2. The fourth-order valence-corrected chi connectivity index (χ4v) is 4.00. The third-order valence-electron chi connectivity index (χ3n) is 5.31. The molecule has 1 N–H and O–H groups in total. The average Bonchev–Trinajstić information content (AvgIpc) is 3.40. The van der Waals surface area contributed by atoms with E-state index in [4.69, 9.17) is 0 Å². The molecule has 0 saturated carbocycles. The minimum absolute atomic E-state index is 0.185. The van der Waals surface area contributed by atoms with Crippen LogP contribution in [0.4, 0.5) is 4.79 Å². The number of carbonyl (C=O) groups excluding carboxylic acids is 2. The van der Waals surface area contributed by atoms with Crippen molar-refractivity contribution in [2.45, 2.75) is 24.9 Å². The molecule has 1 aromatic carbocycles. The predicted octanol–water partition coefficient (Wildman–Crippen LogP) is 2.16. The molecule has 1 saturated heterocycles. The van der Waals surface area contributed by atoms with Crippen molar-refractivity contribution in [3.63, 3.8) is 0 Å². The Morgan fingerprint density at radius 3 is 2.85 bits per heavy atom. The molecule has 1 fully saturated rings. The van der Waals surface area contributed by atoms with Gasteiger partial charge in [-0.25, -0.2) is 14.5 Å². The Morgan fingerprint density at radius 2 is 2.00 bits per heavy atom. The zero-order valence-corrected chi connectivity index (χ0v) is 14.5. The summed E-state index contributed by atoms with van der Waals surface area (Å²) >= 11 is 0. The molecule has 3 aromatic rings. The SMILES string of the molecule is O=C1NC2(CCc3ccccc32)C(=O)N1Cc1ccnc(-n2cccn2)c1. The summed E-state index contributed by atoms with van der Waals surface area (Å²) in [6, 6.07) is 12.9. The third kappa shape index (κ3) is 2.35. The molecule has 5 rings (SSSR count). The number of hydrogen-bond donors (Lipinski definition) is 1. The summed E-state index contributed by atoms with van der Waals surface area (Å²) in [7, 11) is 0. The number of nitrogens with one attached hydrogen (secondary N) is 1. The number of urea groups is 1. The summed E-state index contributed by atoms with van der Waals surface area (Å²) in [5.41, 5.74) is 1.93. The first kappa shape index (κ1) is 15.7. The van der Waals surface area contributed by atoms with Crippen LogP contribution in [0.15, 0.2) is 61.1 Å². The van der Waals surface area contributed by atoms with E-state index in [1.165, 1.54) is 4.90 Å². The van der Waals surface area contributed by atoms with Crippen molar-refractivity contribution < 1.29 is 9.59 Å². The van der Waals surface area contributed by atoms with Gasteiger partial charge in [0.25, 0.3) is 5.91 Å². The Kier molecular flexibility index (Phi) is 3.36. The number of rotatable bonds is 3. The van der Waals surface area contributed by atoms with Gasteiger partial charge in [-0.15, -0.1) is 0 Å². The number of fused-ring (bicyclic) bond motifs is 2. The quantitative estimate of drug-likeness (QED) is 0.727. The summed E-state index contributed by atoms with van der Waals surface area (Å²) in [5.74, 6) is 0.459. The zero-order chi connectivity index (χ0) is 18.4. The molecule has 0 bridgehead atoms. The second kappa shape index (κ2) is 5.77. The Hall–Kier alpha value is -3.48. The molecule has 3 heterocycles. The van der Waals surface area contributed by atoms with Crippen LogP contribution in [0.1, 0.15) is 23.1 Å². The lowest BCUT2D eigenvalue weighted by Gasteiger charge is -2.22. The predicted molar refractivity (Wildman–Crippen MR) is 96.9 cm³/mol.